The first-order valence-corrected chi connectivity index (χ1v) is 17.5. The van der Waals surface area contributed by atoms with Gasteiger partial charge in [0, 0.05) is 25.2 Å². The number of primary amides is 1. The first-order valence-electron chi connectivity index (χ1n) is 17.5. The molecule has 0 radical (unpaired) electrons. The van der Waals surface area contributed by atoms with Gasteiger partial charge in [0.25, 0.3) is 0 Å². The zero-order chi connectivity index (χ0) is 38.2. The molecule has 0 aliphatic carbocycles. The number of amides is 6. The van der Waals surface area contributed by atoms with Gasteiger partial charge in [-0.1, -0.05) is 94.4 Å². The van der Waals surface area contributed by atoms with Gasteiger partial charge in [-0.3, -0.25) is 33.8 Å². The van der Waals surface area contributed by atoms with E-state index >= 15 is 0 Å². The van der Waals surface area contributed by atoms with E-state index in [0.717, 1.165) is 11.1 Å². The third kappa shape index (κ3) is 13.6. The smallest absolute Gasteiger partial charge is 0.243 e. The van der Waals surface area contributed by atoms with Crippen LogP contribution >= 0.6 is 0 Å². The molecule has 0 aliphatic rings. The lowest BCUT2D eigenvalue weighted by Gasteiger charge is -2.28. The average Bonchev–Trinajstić information content (AvgIpc) is 3.10. The van der Waals surface area contributed by atoms with Crippen molar-refractivity contribution in [3.63, 3.8) is 0 Å². The fourth-order valence-electron chi connectivity index (χ4n) is 5.50. The summed E-state index contributed by atoms with van der Waals surface area (Å²) in [6.45, 7) is 8.81. The summed E-state index contributed by atoms with van der Waals surface area (Å²) >= 11 is 0. The lowest BCUT2D eigenvalue weighted by Crippen LogP contribution is -2.60. The number of nitrogens with zero attached hydrogens (tertiary/aromatic N) is 1. The Labute approximate surface area is 305 Å². The second-order valence-electron chi connectivity index (χ2n) is 13.7. The van der Waals surface area contributed by atoms with Gasteiger partial charge in [-0.25, -0.2) is 0 Å². The molecule has 0 aliphatic heterocycles. The SMILES string of the molecule is CC(C)C[C@@H](NC(=O)[C@H](NC(=O)[C@@H](Cc1ccccc1)NC(=O)[C@@H](Cc1ccccc1)NC(=O)[C@@H](C)NC(=O)Cc1cccnc1)C(C)C)C(N)=O. The Morgan fingerprint density at radius 1 is 0.596 bits per heavy atom. The minimum atomic E-state index is -1.15. The van der Waals surface area contributed by atoms with Crippen molar-refractivity contribution in [3.8, 4) is 0 Å². The molecule has 6 amide bonds. The van der Waals surface area contributed by atoms with Gasteiger partial charge in [0.15, 0.2) is 0 Å². The highest BCUT2D eigenvalue weighted by molar-refractivity contribution is 5.96. The topological polar surface area (TPSA) is 201 Å². The lowest BCUT2D eigenvalue weighted by atomic mass is 9.98. The van der Waals surface area contributed by atoms with Crippen LogP contribution in [0.1, 0.15) is 57.7 Å². The fourth-order valence-corrected chi connectivity index (χ4v) is 5.50. The Kier molecular flexibility index (Phi) is 15.9. The highest BCUT2D eigenvalue weighted by Gasteiger charge is 2.33. The van der Waals surface area contributed by atoms with E-state index in [4.69, 9.17) is 5.73 Å². The molecule has 0 unspecified atom stereocenters. The zero-order valence-electron chi connectivity index (χ0n) is 30.4. The molecule has 0 spiro atoms. The van der Waals surface area contributed by atoms with Crippen LogP contribution in [0.3, 0.4) is 0 Å². The van der Waals surface area contributed by atoms with Crippen LogP contribution in [0.25, 0.3) is 0 Å². The maximum absolute atomic E-state index is 14.0. The number of aromatic nitrogens is 1. The number of nitrogens with one attached hydrogen (secondary N) is 5. The molecule has 0 saturated heterocycles. The van der Waals surface area contributed by atoms with Crippen molar-refractivity contribution in [2.75, 3.05) is 0 Å². The van der Waals surface area contributed by atoms with Crippen molar-refractivity contribution in [2.24, 2.45) is 17.6 Å². The largest absolute Gasteiger partial charge is 0.368 e. The van der Waals surface area contributed by atoms with Crippen LogP contribution in [-0.4, -0.2) is 70.6 Å². The number of nitrogens with two attached hydrogens (primary N) is 1. The predicted octanol–water partition coefficient (Wildman–Crippen LogP) is 1.74. The molecule has 1 heterocycles. The third-order valence-electron chi connectivity index (χ3n) is 8.30. The number of rotatable bonds is 19. The highest BCUT2D eigenvalue weighted by atomic mass is 16.2. The maximum Gasteiger partial charge on any atom is 0.243 e. The number of hydrogen-bond donors (Lipinski definition) is 6. The van der Waals surface area contributed by atoms with E-state index in [1.807, 2.05) is 50.2 Å². The molecule has 13 heteroatoms. The van der Waals surface area contributed by atoms with E-state index in [0.29, 0.717) is 12.0 Å². The molecule has 0 bridgehead atoms. The maximum atomic E-state index is 14.0. The number of benzene rings is 2. The molecule has 0 fully saturated rings. The Bertz CT molecular complexity index is 1640. The van der Waals surface area contributed by atoms with Crippen molar-refractivity contribution < 1.29 is 28.8 Å². The fraction of sp³-hybridized carbons (Fsp3) is 0.410. The van der Waals surface area contributed by atoms with Gasteiger partial charge in [-0.15, -0.1) is 0 Å². The van der Waals surface area contributed by atoms with Gasteiger partial charge in [-0.2, -0.15) is 0 Å². The number of carbonyl (C=O) groups is 6. The van der Waals surface area contributed by atoms with E-state index in [1.54, 1.807) is 62.6 Å². The van der Waals surface area contributed by atoms with Gasteiger partial charge in [0.05, 0.1) is 6.42 Å². The van der Waals surface area contributed by atoms with Gasteiger partial charge >= 0.3 is 0 Å². The van der Waals surface area contributed by atoms with Crippen molar-refractivity contribution in [1.29, 1.82) is 0 Å². The molecule has 1 aromatic heterocycles. The van der Waals surface area contributed by atoms with Crippen LogP contribution in [0, 0.1) is 11.8 Å². The predicted molar refractivity (Wildman–Crippen MR) is 197 cm³/mol. The van der Waals surface area contributed by atoms with Crippen LogP contribution in [0.2, 0.25) is 0 Å². The monoisotopic (exact) mass is 713 g/mol. The Balaban J connectivity index is 1.82. The van der Waals surface area contributed by atoms with Crippen LogP contribution in [0.15, 0.2) is 85.2 Å². The summed E-state index contributed by atoms with van der Waals surface area (Å²) in [4.78, 5) is 83.5. The number of carbonyl (C=O) groups excluding carboxylic acids is 6. The normalized spacial score (nSPS) is 13.9. The molecular weight excluding hydrogens is 662 g/mol. The molecular formula is C39H51N7O6. The molecule has 5 atom stereocenters. The van der Waals surface area contributed by atoms with Crippen LogP contribution in [0.4, 0.5) is 0 Å². The Hall–Kier alpha value is -5.59. The molecule has 7 N–H and O–H groups in total. The summed E-state index contributed by atoms with van der Waals surface area (Å²) in [5.41, 5.74) is 7.72. The first-order chi connectivity index (χ1) is 24.7. The number of pyridine rings is 1. The van der Waals surface area contributed by atoms with Crippen molar-refractivity contribution >= 4 is 35.4 Å². The summed E-state index contributed by atoms with van der Waals surface area (Å²) in [5, 5.41) is 13.7. The van der Waals surface area contributed by atoms with Crippen LogP contribution in [0.5, 0.6) is 0 Å². The summed E-state index contributed by atoms with van der Waals surface area (Å²) in [6, 6.07) is 16.3. The second-order valence-corrected chi connectivity index (χ2v) is 13.7. The first kappa shape index (κ1) is 40.8. The van der Waals surface area contributed by atoms with Crippen LogP contribution in [-0.2, 0) is 48.0 Å². The zero-order valence-corrected chi connectivity index (χ0v) is 30.4. The van der Waals surface area contributed by atoms with E-state index in [1.165, 1.54) is 6.92 Å². The molecule has 278 valence electrons. The van der Waals surface area contributed by atoms with E-state index in [-0.39, 0.29) is 31.1 Å². The van der Waals surface area contributed by atoms with Gasteiger partial charge in [0.2, 0.25) is 35.4 Å². The van der Waals surface area contributed by atoms with Gasteiger partial charge in [0.1, 0.15) is 30.2 Å². The van der Waals surface area contributed by atoms with Crippen molar-refractivity contribution in [2.45, 2.75) is 90.5 Å². The van der Waals surface area contributed by atoms with Crippen molar-refractivity contribution in [3.05, 3.63) is 102 Å². The van der Waals surface area contributed by atoms with Gasteiger partial charge in [-0.05, 0) is 47.9 Å². The second kappa shape index (κ2) is 20.3. The quantitative estimate of drug-likeness (QED) is 0.109. The van der Waals surface area contributed by atoms with E-state index < -0.39 is 65.7 Å². The molecule has 0 saturated carbocycles. The summed E-state index contributed by atoms with van der Waals surface area (Å²) in [5.74, 6) is -3.83. The summed E-state index contributed by atoms with van der Waals surface area (Å²) < 4.78 is 0. The Morgan fingerprint density at radius 3 is 1.58 bits per heavy atom. The Morgan fingerprint density at radius 2 is 1.10 bits per heavy atom. The van der Waals surface area contributed by atoms with Crippen molar-refractivity contribution in [1.82, 2.24) is 31.6 Å². The van der Waals surface area contributed by atoms with E-state index in [2.05, 4.69) is 31.6 Å². The standard InChI is InChI=1S/C39H51N7O6/c1-24(2)19-30(35(40)48)43-39(52)34(25(3)4)46-38(51)32(21-28-15-10-7-11-16-28)45-37(50)31(20-27-13-8-6-9-14-27)44-36(49)26(5)42-33(47)22-29-17-12-18-41-23-29/h6-18,23-26,30-32,34H,19-22H2,1-5H3,(H2,40,48)(H,42,47)(H,43,52)(H,44,49)(H,45,50)(H,46,51)/t26-,30-,31-,32-,34-/m1/s1. The highest BCUT2D eigenvalue weighted by Crippen LogP contribution is 2.11. The average molecular weight is 714 g/mol. The van der Waals surface area contributed by atoms with E-state index in [9.17, 15) is 28.8 Å². The lowest BCUT2D eigenvalue weighted by molar-refractivity contribution is -0.135. The minimum absolute atomic E-state index is 0.0198. The van der Waals surface area contributed by atoms with Gasteiger partial charge < -0.3 is 32.3 Å². The molecule has 3 aromatic rings. The third-order valence-corrected chi connectivity index (χ3v) is 8.30. The molecule has 13 nitrogen and oxygen atoms in total. The summed E-state index contributed by atoms with van der Waals surface area (Å²) in [6.07, 6.45) is 3.68. The molecule has 2 aromatic carbocycles. The molecule has 3 rings (SSSR count). The number of hydrogen-bond acceptors (Lipinski definition) is 7. The van der Waals surface area contributed by atoms with Crippen LogP contribution < -0.4 is 32.3 Å². The summed E-state index contributed by atoms with van der Waals surface area (Å²) in [7, 11) is 0. The minimum Gasteiger partial charge on any atom is -0.368 e. The molecule has 52 heavy (non-hydrogen) atoms.